The molecule has 0 unspecified atom stereocenters. The van der Waals surface area contributed by atoms with Crippen LogP contribution in [0.3, 0.4) is 0 Å². The van der Waals surface area contributed by atoms with Gasteiger partial charge in [0.1, 0.15) is 11.8 Å². The Bertz CT molecular complexity index is 1590. The summed E-state index contributed by atoms with van der Waals surface area (Å²) in [7, 11) is 0. The summed E-state index contributed by atoms with van der Waals surface area (Å²) in [4.78, 5) is 23.5. The molecule has 9 heteroatoms. The van der Waals surface area contributed by atoms with Crippen molar-refractivity contribution < 1.29 is 9.53 Å². The highest BCUT2D eigenvalue weighted by atomic mass is 32.1. The number of nitrogens with one attached hydrogen (secondary N) is 2. The molecule has 198 valence electrons. The van der Waals surface area contributed by atoms with Crippen molar-refractivity contribution in [2.45, 2.75) is 12.1 Å². The Balaban J connectivity index is 1.27. The van der Waals surface area contributed by atoms with Crippen LogP contribution in [0.1, 0.15) is 23.5 Å². The number of nitrogens with zero attached hydrogens (tertiary/aromatic N) is 4. The summed E-state index contributed by atoms with van der Waals surface area (Å²) in [5.74, 6) is 0.407. The highest BCUT2D eigenvalue weighted by Gasteiger charge is 2.42. The number of ether oxygens (including phenoxy) is 1. The summed E-state index contributed by atoms with van der Waals surface area (Å²) in [6.45, 7) is -0.0783. The van der Waals surface area contributed by atoms with E-state index < -0.39 is 0 Å². The van der Waals surface area contributed by atoms with Crippen molar-refractivity contribution in [3.63, 3.8) is 0 Å². The van der Waals surface area contributed by atoms with Gasteiger partial charge in [0, 0.05) is 35.7 Å². The number of rotatable bonds is 8. The molecule has 3 aromatic heterocycles. The van der Waals surface area contributed by atoms with Crippen LogP contribution in [-0.4, -0.2) is 32.2 Å². The molecule has 40 heavy (non-hydrogen) atoms. The molecule has 8 nitrogen and oxygen atoms in total. The molecule has 1 amide bonds. The van der Waals surface area contributed by atoms with Crippen LogP contribution < -0.4 is 20.3 Å². The Kier molecular flexibility index (Phi) is 7.19. The largest absolute Gasteiger partial charge is 0.484 e. The normalized spacial score (nSPS) is 16.4. The van der Waals surface area contributed by atoms with Crippen LogP contribution in [0, 0.1) is 0 Å². The van der Waals surface area contributed by atoms with Crippen molar-refractivity contribution in [1.29, 1.82) is 0 Å². The maximum atomic E-state index is 12.5. The second-order valence-corrected chi connectivity index (χ2v) is 9.59. The molecule has 6 rings (SSSR count). The van der Waals surface area contributed by atoms with E-state index in [2.05, 4.69) is 36.1 Å². The molecule has 0 aliphatic carbocycles. The summed E-state index contributed by atoms with van der Waals surface area (Å²) < 4.78 is 7.68. The number of carbonyl (C=O) groups excluding carboxylic acids is 1. The van der Waals surface area contributed by atoms with Gasteiger partial charge in [-0.2, -0.15) is 0 Å². The Hall–Kier alpha value is -5.02. The molecule has 2 aromatic carbocycles. The molecular formula is C31H26N6O2S. The topological polar surface area (TPSA) is 84.3 Å². The average molecular weight is 547 g/mol. The first-order valence-electron chi connectivity index (χ1n) is 12.8. The predicted octanol–water partition coefficient (Wildman–Crippen LogP) is 5.46. The molecule has 0 radical (unpaired) electrons. The minimum absolute atomic E-state index is 0.0783. The van der Waals surface area contributed by atoms with E-state index >= 15 is 0 Å². The van der Waals surface area contributed by atoms with Gasteiger partial charge in [0.15, 0.2) is 11.7 Å². The summed E-state index contributed by atoms with van der Waals surface area (Å²) in [5, 5.41) is 6.98. The van der Waals surface area contributed by atoms with Gasteiger partial charge in [-0.05, 0) is 85.0 Å². The lowest BCUT2D eigenvalue weighted by Gasteiger charge is -2.29. The quantitative estimate of drug-likeness (QED) is 0.250. The number of thiocarbonyl (C=S) groups is 1. The number of aromatic nitrogens is 3. The number of pyridine rings is 2. The molecule has 4 heterocycles. The SMILES string of the molecule is O=C(COc1ccccc1)Nc1ccc(N2C(=S)N[C@@H](c3ccccn3)[C@@H]2c2cccn2-c2cccnc2)cc1. The first-order chi connectivity index (χ1) is 19.7. The predicted molar refractivity (Wildman–Crippen MR) is 159 cm³/mol. The second-order valence-electron chi connectivity index (χ2n) is 9.21. The molecule has 1 saturated heterocycles. The van der Waals surface area contributed by atoms with E-state index in [4.69, 9.17) is 17.0 Å². The maximum absolute atomic E-state index is 12.5. The van der Waals surface area contributed by atoms with Crippen LogP contribution in [0.5, 0.6) is 5.75 Å². The molecule has 0 bridgehead atoms. The number of hydrogen-bond donors (Lipinski definition) is 2. The monoisotopic (exact) mass is 546 g/mol. The van der Waals surface area contributed by atoms with Crippen molar-refractivity contribution in [1.82, 2.24) is 19.9 Å². The van der Waals surface area contributed by atoms with Gasteiger partial charge < -0.3 is 24.8 Å². The van der Waals surface area contributed by atoms with Crippen molar-refractivity contribution in [3.8, 4) is 11.4 Å². The lowest BCUT2D eigenvalue weighted by molar-refractivity contribution is -0.118. The van der Waals surface area contributed by atoms with Gasteiger partial charge in [-0.25, -0.2) is 0 Å². The molecule has 0 saturated carbocycles. The highest BCUT2D eigenvalue weighted by molar-refractivity contribution is 7.80. The fourth-order valence-corrected chi connectivity index (χ4v) is 5.21. The van der Waals surface area contributed by atoms with Crippen LogP contribution in [0.25, 0.3) is 5.69 Å². The van der Waals surface area contributed by atoms with Gasteiger partial charge in [0.2, 0.25) is 0 Å². The Morgan fingerprint density at radius 1 is 0.900 bits per heavy atom. The average Bonchev–Trinajstić information content (AvgIpc) is 3.62. The third-order valence-corrected chi connectivity index (χ3v) is 6.96. The molecule has 1 aliphatic heterocycles. The van der Waals surface area contributed by atoms with E-state index in [1.165, 1.54) is 0 Å². The smallest absolute Gasteiger partial charge is 0.262 e. The molecule has 0 spiro atoms. The van der Waals surface area contributed by atoms with Gasteiger partial charge in [0.25, 0.3) is 5.91 Å². The number of carbonyl (C=O) groups is 1. The van der Waals surface area contributed by atoms with Crippen LogP contribution >= 0.6 is 12.2 Å². The summed E-state index contributed by atoms with van der Waals surface area (Å²) in [6, 6.07) is 30.4. The zero-order valence-corrected chi connectivity index (χ0v) is 22.2. The van der Waals surface area contributed by atoms with Crippen LogP contribution in [0.15, 0.2) is 122 Å². The van der Waals surface area contributed by atoms with Gasteiger partial charge in [-0.1, -0.05) is 24.3 Å². The fraction of sp³-hybridized carbons (Fsp3) is 0.0968. The van der Waals surface area contributed by atoms with Crippen molar-refractivity contribution in [2.75, 3.05) is 16.8 Å². The van der Waals surface area contributed by atoms with E-state index in [9.17, 15) is 4.79 Å². The van der Waals surface area contributed by atoms with Crippen molar-refractivity contribution in [3.05, 3.63) is 133 Å². The Morgan fingerprint density at radius 3 is 2.48 bits per heavy atom. The lowest BCUT2D eigenvalue weighted by atomic mass is 10.0. The van der Waals surface area contributed by atoms with E-state index in [0.717, 1.165) is 22.8 Å². The minimum atomic E-state index is -0.239. The number of amides is 1. The first-order valence-corrected chi connectivity index (χ1v) is 13.2. The van der Waals surface area contributed by atoms with Gasteiger partial charge in [0.05, 0.1) is 23.6 Å². The van der Waals surface area contributed by atoms with E-state index in [1.54, 1.807) is 12.4 Å². The third-order valence-electron chi connectivity index (χ3n) is 6.65. The third kappa shape index (κ3) is 5.27. The van der Waals surface area contributed by atoms with E-state index in [0.29, 0.717) is 16.5 Å². The fourth-order valence-electron chi connectivity index (χ4n) is 4.87. The van der Waals surface area contributed by atoms with Crippen LogP contribution in [-0.2, 0) is 4.79 Å². The van der Waals surface area contributed by atoms with Gasteiger partial charge in [-0.3, -0.25) is 14.8 Å². The molecule has 5 aromatic rings. The standard InChI is InChI=1S/C31H26N6O2S/c38-28(21-39-25-9-2-1-3-10-25)34-22-13-15-23(16-14-22)37-30(29(35-31(37)40)26-11-4-5-18-33-26)27-12-7-19-36(27)24-8-6-17-32-20-24/h1-20,29-30H,21H2,(H,34,38)(H,35,40)/t29-,30-/m0/s1. The Morgan fingerprint density at radius 2 is 1.73 bits per heavy atom. The second kappa shape index (κ2) is 11.4. The van der Waals surface area contributed by atoms with Gasteiger partial charge >= 0.3 is 0 Å². The molecule has 1 fully saturated rings. The summed E-state index contributed by atoms with van der Waals surface area (Å²) in [5.41, 5.74) is 4.43. The molecule has 2 atom stereocenters. The number of hydrogen-bond acceptors (Lipinski definition) is 5. The number of anilines is 2. The summed E-state index contributed by atoms with van der Waals surface area (Å²) >= 11 is 5.87. The molecule has 1 aliphatic rings. The molecular weight excluding hydrogens is 520 g/mol. The summed E-state index contributed by atoms with van der Waals surface area (Å²) in [6.07, 6.45) is 7.41. The highest BCUT2D eigenvalue weighted by Crippen LogP contribution is 2.42. The zero-order chi connectivity index (χ0) is 27.3. The lowest BCUT2D eigenvalue weighted by Crippen LogP contribution is -2.30. The van der Waals surface area contributed by atoms with E-state index in [-0.39, 0.29) is 24.6 Å². The maximum Gasteiger partial charge on any atom is 0.262 e. The van der Waals surface area contributed by atoms with Gasteiger partial charge in [-0.15, -0.1) is 0 Å². The zero-order valence-electron chi connectivity index (χ0n) is 21.4. The van der Waals surface area contributed by atoms with Crippen molar-refractivity contribution >= 4 is 34.6 Å². The first kappa shape index (κ1) is 25.3. The minimum Gasteiger partial charge on any atom is -0.484 e. The van der Waals surface area contributed by atoms with Crippen molar-refractivity contribution in [2.24, 2.45) is 0 Å². The number of benzene rings is 2. The number of para-hydroxylation sites is 1. The van der Waals surface area contributed by atoms with Crippen LogP contribution in [0.2, 0.25) is 0 Å². The van der Waals surface area contributed by atoms with E-state index in [1.807, 2.05) is 103 Å². The molecule has 2 N–H and O–H groups in total. The van der Waals surface area contributed by atoms with Crippen LogP contribution in [0.4, 0.5) is 11.4 Å². The Labute approximate surface area is 237 Å².